The second-order valence-corrected chi connectivity index (χ2v) is 3.68. The smallest absolute Gasteiger partial charge is 0.126 e. The zero-order valence-electron chi connectivity index (χ0n) is 9.86. The Labute approximate surface area is 97.5 Å². The molecule has 2 nitrogen and oxygen atoms in total. The number of ether oxygens (including phenoxy) is 1. The first-order valence-corrected chi connectivity index (χ1v) is 5.12. The van der Waals surface area contributed by atoms with Crippen molar-refractivity contribution in [3.63, 3.8) is 0 Å². The van der Waals surface area contributed by atoms with Crippen LogP contribution >= 0.6 is 0 Å². The molecule has 0 atom stereocenters. The van der Waals surface area contributed by atoms with Crippen LogP contribution in [0.3, 0.4) is 0 Å². The maximum atomic E-state index is 5.29. The molecule has 1 aromatic rings. The zero-order chi connectivity index (χ0) is 12.0. The summed E-state index contributed by atoms with van der Waals surface area (Å²) in [5.74, 6) is 3.46. The average molecular weight is 215 g/mol. The fourth-order valence-corrected chi connectivity index (χ4v) is 1.56. The van der Waals surface area contributed by atoms with E-state index < -0.39 is 0 Å². The molecule has 0 aliphatic rings. The number of rotatable bonds is 5. The number of likely N-dealkylation sites (N-methyl/N-ethyl adjacent to an activating group) is 1. The van der Waals surface area contributed by atoms with E-state index in [-0.39, 0.29) is 0 Å². The monoisotopic (exact) mass is 215 g/mol. The maximum Gasteiger partial charge on any atom is 0.126 e. The van der Waals surface area contributed by atoms with Crippen molar-refractivity contribution in [1.82, 2.24) is 4.90 Å². The van der Waals surface area contributed by atoms with Crippen LogP contribution in [-0.2, 0) is 0 Å². The van der Waals surface area contributed by atoms with E-state index in [1.165, 1.54) is 0 Å². The minimum absolute atomic E-state index is 0.619. The first-order valence-electron chi connectivity index (χ1n) is 5.12. The van der Waals surface area contributed by atoms with E-state index in [0.717, 1.165) is 23.4 Å². The summed E-state index contributed by atoms with van der Waals surface area (Å²) in [6.45, 7) is 5.43. The lowest BCUT2D eigenvalue weighted by molar-refractivity contribution is 0.408. The third-order valence-electron chi connectivity index (χ3n) is 2.31. The molecule has 0 amide bonds. The van der Waals surface area contributed by atoms with Crippen LogP contribution in [0, 0.1) is 12.3 Å². The topological polar surface area (TPSA) is 12.5 Å². The lowest BCUT2D eigenvalue weighted by atomic mass is 10.1. The normalized spacial score (nSPS) is 9.88. The van der Waals surface area contributed by atoms with Gasteiger partial charge in [-0.3, -0.25) is 4.90 Å². The molecule has 1 aromatic carbocycles. The largest absolute Gasteiger partial charge is 0.496 e. The van der Waals surface area contributed by atoms with E-state index in [1.54, 1.807) is 7.11 Å². The molecule has 0 saturated carbocycles. The van der Waals surface area contributed by atoms with E-state index >= 15 is 0 Å². The maximum absolute atomic E-state index is 5.29. The molecular formula is C14H17NO. The van der Waals surface area contributed by atoms with E-state index in [9.17, 15) is 0 Å². The molecule has 0 aromatic heterocycles. The quantitative estimate of drug-likeness (QED) is 0.699. The summed E-state index contributed by atoms with van der Waals surface area (Å²) >= 11 is 0. The van der Waals surface area contributed by atoms with Crippen molar-refractivity contribution < 1.29 is 4.74 Å². The van der Waals surface area contributed by atoms with Gasteiger partial charge in [0.05, 0.1) is 13.7 Å². The van der Waals surface area contributed by atoms with Crippen LogP contribution in [0.5, 0.6) is 5.75 Å². The molecule has 0 bridgehead atoms. The van der Waals surface area contributed by atoms with Crippen LogP contribution in [0.4, 0.5) is 0 Å². The van der Waals surface area contributed by atoms with Crippen LogP contribution in [0.1, 0.15) is 5.56 Å². The predicted octanol–water partition coefficient (Wildman–Crippen LogP) is 2.27. The lowest BCUT2D eigenvalue weighted by Crippen LogP contribution is -2.20. The van der Waals surface area contributed by atoms with Gasteiger partial charge in [0.1, 0.15) is 5.75 Å². The number of terminal acetylenes is 1. The molecule has 0 spiro atoms. The Balaban J connectivity index is 2.77. The second kappa shape index (κ2) is 5.99. The highest BCUT2D eigenvalue weighted by Gasteiger charge is 2.07. The number of nitrogens with zero attached hydrogens (tertiary/aromatic N) is 1. The van der Waals surface area contributed by atoms with E-state index in [1.807, 2.05) is 36.2 Å². The summed E-state index contributed by atoms with van der Waals surface area (Å²) in [7, 11) is 3.64. The van der Waals surface area contributed by atoms with Crippen molar-refractivity contribution in [3.8, 4) is 18.1 Å². The summed E-state index contributed by atoms with van der Waals surface area (Å²) in [5, 5.41) is 0. The van der Waals surface area contributed by atoms with Crippen LogP contribution in [0.15, 0.2) is 30.8 Å². The summed E-state index contributed by atoms with van der Waals surface area (Å²) in [6, 6.07) is 7.86. The van der Waals surface area contributed by atoms with Gasteiger partial charge in [-0.2, -0.15) is 0 Å². The fraction of sp³-hybridized carbons (Fsp3) is 0.286. The minimum Gasteiger partial charge on any atom is -0.496 e. The summed E-state index contributed by atoms with van der Waals surface area (Å²) < 4.78 is 5.29. The van der Waals surface area contributed by atoms with Gasteiger partial charge in [-0.25, -0.2) is 0 Å². The van der Waals surface area contributed by atoms with Crippen molar-refractivity contribution in [2.24, 2.45) is 0 Å². The molecule has 0 saturated heterocycles. The van der Waals surface area contributed by atoms with Crippen molar-refractivity contribution in [1.29, 1.82) is 0 Å². The summed E-state index contributed by atoms with van der Waals surface area (Å²) in [5.41, 5.74) is 2.05. The lowest BCUT2D eigenvalue weighted by Gasteiger charge is -2.17. The number of hydrogen-bond donors (Lipinski definition) is 0. The summed E-state index contributed by atoms with van der Waals surface area (Å²) in [4.78, 5) is 2.04. The fourth-order valence-electron chi connectivity index (χ4n) is 1.56. The molecule has 0 heterocycles. The van der Waals surface area contributed by atoms with Gasteiger partial charge in [0.15, 0.2) is 0 Å². The Morgan fingerprint density at radius 2 is 2.19 bits per heavy atom. The van der Waals surface area contributed by atoms with Crippen LogP contribution in [0.2, 0.25) is 0 Å². The molecule has 0 radical (unpaired) electrons. The minimum atomic E-state index is 0.619. The van der Waals surface area contributed by atoms with Gasteiger partial charge in [0.2, 0.25) is 0 Å². The van der Waals surface area contributed by atoms with Crippen molar-refractivity contribution in [3.05, 3.63) is 36.4 Å². The molecule has 0 aliphatic heterocycles. The Kier molecular flexibility index (Phi) is 4.63. The van der Waals surface area contributed by atoms with Crippen LogP contribution < -0.4 is 4.74 Å². The third kappa shape index (κ3) is 3.15. The van der Waals surface area contributed by atoms with Gasteiger partial charge in [-0.15, -0.1) is 6.42 Å². The standard InChI is InChI=1S/C14H17NO/c1-5-10-15(3)11-12(2)13-8-6-7-9-14(13)16-4/h1,6-9H,2,10-11H2,3-4H3. The van der Waals surface area contributed by atoms with Crippen LogP contribution in [-0.4, -0.2) is 32.1 Å². The van der Waals surface area contributed by atoms with E-state index in [2.05, 4.69) is 12.5 Å². The molecule has 84 valence electrons. The third-order valence-corrected chi connectivity index (χ3v) is 2.31. The Morgan fingerprint density at radius 3 is 2.81 bits per heavy atom. The van der Waals surface area contributed by atoms with Gasteiger partial charge >= 0.3 is 0 Å². The van der Waals surface area contributed by atoms with Crippen molar-refractivity contribution in [2.75, 3.05) is 27.2 Å². The molecule has 0 fully saturated rings. The predicted molar refractivity (Wildman–Crippen MR) is 68.4 cm³/mol. The molecule has 2 heteroatoms. The van der Waals surface area contributed by atoms with E-state index in [4.69, 9.17) is 11.2 Å². The van der Waals surface area contributed by atoms with Gasteiger partial charge < -0.3 is 4.74 Å². The number of benzene rings is 1. The average Bonchev–Trinajstić information content (AvgIpc) is 2.29. The van der Waals surface area contributed by atoms with Crippen LogP contribution in [0.25, 0.3) is 5.57 Å². The second-order valence-electron chi connectivity index (χ2n) is 3.68. The van der Waals surface area contributed by atoms with Gasteiger partial charge in [-0.05, 0) is 18.7 Å². The highest BCUT2D eigenvalue weighted by molar-refractivity contribution is 5.69. The van der Waals surface area contributed by atoms with Crippen molar-refractivity contribution in [2.45, 2.75) is 0 Å². The summed E-state index contributed by atoms with van der Waals surface area (Å²) in [6.07, 6.45) is 5.25. The van der Waals surface area contributed by atoms with Crippen molar-refractivity contribution >= 4 is 5.57 Å². The molecule has 0 aliphatic carbocycles. The molecule has 0 N–H and O–H groups in total. The number of methoxy groups -OCH3 is 1. The number of para-hydroxylation sites is 1. The molecule has 16 heavy (non-hydrogen) atoms. The zero-order valence-corrected chi connectivity index (χ0v) is 9.86. The molecular weight excluding hydrogens is 198 g/mol. The Morgan fingerprint density at radius 1 is 1.50 bits per heavy atom. The highest BCUT2D eigenvalue weighted by Crippen LogP contribution is 2.24. The molecule has 0 unspecified atom stereocenters. The van der Waals surface area contributed by atoms with Gasteiger partial charge in [0.25, 0.3) is 0 Å². The van der Waals surface area contributed by atoms with Gasteiger partial charge in [-0.1, -0.05) is 30.7 Å². The SMILES string of the molecule is C#CCN(C)CC(=C)c1ccccc1OC. The van der Waals surface area contributed by atoms with E-state index in [0.29, 0.717) is 6.54 Å². The Bertz CT molecular complexity index is 403. The van der Waals surface area contributed by atoms with Gasteiger partial charge in [0, 0.05) is 12.1 Å². The highest BCUT2D eigenvalue weighted by atomic mass is 16.5. The first-order chi connectivity index (χ1) is 7.69. The molecule has 1 rings (SSSR count). The Hall–Kier alpha value is -1.72. The first kappa shape index (κ1) is 12.4. The number of hydrogen-bond acceptors (Lipinski definition) is 2.